The van der Waals surface area contributed by atoms with E-state index in [1.807, 2.05) is 0 Å². The van der Waals surface area contributed by atoms with Crippen molar-refractivity contribution in [3.05, 3.63) is 12.0 Å². The second kappa shape index (κ2) is 7.40. The zero-order valence-electron chi connectivity index (χ0n) is 6.75. The molecule has 0 amide bonds. The molecule has 14 heavy (non-hydrogen) atoms. The van der Waals surface area contributed by atoms with Crippen LogP contribution in [0, 0.1) is 0 Å². The molecule has 5 N–H and O–H groups in total. The van der Waals surface area contributed by atoms with Gasteiger partial charge in [0.05, 0.1) is 0 Å². The Morgan fingerprint density at radius 2 is 1.21 bits per heavy atom. The average molecular weight is 208 g/mol. The highest BCUT2D eigenvalue weighted by Crippen LogP contribution is 1.76. The number of rotatable bonds is 3. The number of aliphatic hydroxyl groups is 2. The average Bonchev–Trinajstić information content (AvgIpc) is 1.79. The Morgan fingerprint density at radius 3 is 1.21 bits per heavy atom. The molecule has 0 aliphatic rings. The molecule has 0 radical (unpaired) electrons. The third kappa shape index (κ3) is 22.6. The van der Waals surface area contributed by atoms with Gasteiger partial charge in [0.2, 0.25) is 0 Å². The van der Waals surface area contributed by atoms with E-state index in [0.29, 0.717) is 0 Å². The van der Waals surface area contributed by atoms with Crippen molar-refractivity contribution in [2.24, 2.45) is 0 Å². The first kappa shape index (κ1) is 14.3. The quantitative estimate of drug-likeness (QED) is 0.238. The van der Waals surface area contributed by atoms with Crippen LogP contribution < -0.4 is 0 Å². The van der Waals surface area contributed by atoms with Gasteiger partial charge in [0.25, 0.3) is 5.95 Å². The topological polar surface area (TPSA) is 152 Å². The molecule has 8 nitrogen and oxygen atoms in total. The Morgan fingerprint density at radius 1 is 0.857 bits per heavy atom. The fourth-order valence-corrected chi connectivity index (χ4v) is 0.240. The molecule has 0 heterocycles. The van der Waals surface area contributed by atoms with Crippen molar-refractivity contribution in [3.8, 4) is 0 Å². The van der Waals surface area contributed by atoms with Gasteiger partial charge in [-0.1, -0.05) is 0 Å². The third-order valence-corrected chi connectivity index (χ3v) is 0.555. The molecule has 0 aromatic carbocycles. The minimum absolute atomic E-state index is 0.278. The summed E-state index contributed by atoms with van der Waals surface area (Å²) >= 11 is 0. The smallest absolute Gasteiger partial charge is 0.335 e. The van der Waals surface area contributed by atoms with Gasteiger partial charge >= 0.3 is 17.9 Å². The first-order chi connectivity index (χ1) is 6.25. The summed E-state index contributed by atoms with van der Waals surface area (Å²) in [6, 6.07) is 0. The standard InChI is InChI=1S/2C3H4O4/c2*4-2(5)1-3(6)7/h1H2,(H,4,5)(H,6,7);1,4-5H,(H,6,7). The van der Waals surface area contributed by atoms with Crippen LogP contribution in [0.4, 0.5) is 0 Å². The Kier molecular flexibility index (Phi) is 7.55. The molecule has 0 saturated heterocycles. The predicted molar refractivity (Wildman–Crippen MR) is 40.9 cm³/mol. The van der Waals surface area contributed by atoms with Crippen molar-refractivity contribution >= 4 is 17.9 Å². The summed E-state index contributed by atoms with van der Waals surface area (Å²) in [6.07, 6.45) is -0.528. The van der Waals surface area contributed by atoms with Crippen LogP contribution in [0.2, 0.25) is 0 Å². The van der Waals surface area contributed by atoms with Crippen LogP contribution in [0.15, 0.2) is 12.0 Å². The van der Waals surface area contributed by atoms with E-state index in [-0.39, 0.29) is 6.08 Å². The van der Waals surface area contributed by atoms with E-state index in [1.54, 1.807) is 0 Å². The summed E-state index contributed by atoms with van der Waals surface area (Å²) in [7, 11) is 0. The lowest BCUT2D eigenvalue weighted by atomic mass is 10.5. The zero-order chi connectivity index (χ0) is 11.7. The van der Waals surface area contributed by atoms with E-state index in [9.17, 15) is 14.4 Å². The normalized spacial score (nSPS) is 7.71. The molecule has 0 aromatic heterocycles. The number of carboxylic acid groups (broad SMARTS) is 3. The molecular formula is C6H8O8. The van der Waals surface area contributed by atoms with Crippen molar-refractivity contribution in [2.45, 2.75) is 6.42 Å². The number of carbonyl (C=O) groups is 3. The summed E-state index contributed by atoms with van der Waals surface area (Å²) in [5.41, 5.74) is 0. The fraction of sp³-hybridized carbons (Fsp3) is 0.167. The lowest BCUT2D eigenvalue weighted by Gasteiger charge is -1.80. The van der Waals surface area contributed by atoms with Crippen LogP contribution in [0.25, 0.3) is 0 Å². The van der Waals surface area contributed by atoms with Crippen LogP contribution in [-0.2, 0) is 14.4 Å². The Balaban J connectivity index is 0. The predicted octanol–water partition coefficient (Wildman–Crippen LogP) is -0.426. The van der Waals surface area contributed by atoms with Crippen molar-refractivity contribution in [3.63, 3.8) is 0 Å². The molecule has 0 unspecified atom stereocenters. The van der Waals surface area contributed by atoms with Gasteiger partial charge in [-0.05, 0) is 0 Å². The van der Waals surface area contributed by atoms with E-state index >= 15 is 0 Å². The highest BCUT2D eigenvalue weighted by atomic mass is 16.5. The van der Waals surface area contributed by atoms with Crippen molar-refractivity contribution in [1.82, 2.24) is 0 Å². The van der Waals surface area contributed by atoms with Crippen LogP contribution in [0.5, 0.6) is 0 Å². The van der Waals surface area contributed by atoms with Crippen LogP contribution in [-0.4, -0.2) is 43.4 Å². The van der Waals surface area contributed by atoms with Crippen molar-refractivity contribution < 1.29 is 39.9 Å². The van der Waals surface area contributed by atoms with Gasteiger partial charge in [-0.15, -0.1) is 0 Å². The van der Waals surface area contributed by atoms with E-state index in [1.165, 1.54) is 0 Å². The molecule has 0 rings (SSSR count). The monoisotopic (exact) mass is 208 g/mol. The third-order valence-electron chi connectivity index (χ3n) is 0.555. The van der Waals surface area contributed by atoms with Gasteiger partial charge in [0, 0.05) is 0 Å². The van der Waals surface area contributed by atoms with E-state index in [0.717, 1.165) is 0 Å². The lowest BCUT2D eigenvalue weighted by Crippen LogP contribution is -2.03. The van der Waals surface area contributed by atoms with E-state index in [4.69, 9.17) is 25.5 Å². The number of hydrogen-bond donors (Lipinski definition) is 5. The minimum atomic E-state index is -1.38. The van der Waals surface area contributed by atoms with E-state index < -0.39 is 30.3 Å². The molecule has 0 aliphatic carbocycles. The van der Waals surface area contributed by atoms with Crippen molar-refractivity contribution in [2.75, 3.05) is 0 Å². The maximum absolute atomic E-state index is 9.43. The summed E-state index contributed by atoms with van der Waals surface area (Å²) < 4.78 is 0. The largest absolute Gasteiger partial charge is 0.481 e. The summed E-state index contributed by atoms with van der Waals surface area (Å²) in [5, 5.41) is 38.6. The molecule has 0 aliphatic heterocycles. The highest BCUT2D eigenvalue weighted by molar-refractivity contribution is 5.88. The van der Waals surface area contributed by atoms with Gasteiger partial charge < -0.3 is 25.5 Å². The lowest BCUT2D eigenvalue weighted by molar-refractivity contribution is -0.147. The molecule has 0 aromatic rings. The SMILES string of the molecule is O=C(O)C=C(O)O.O=C(O)CC(=O)O. The Hall–Kier alpha value is -2.25. The summed E-state index contributed by atoms with van der Waals surface area (Å²) in [5.74, 6) is -5.19. The number of hydrogen-bond acceptors (Lipinski definition) is 5. The van der Waals surface area contributed by atoms with Gasteiger partial charge in [-0.25, -0.2) is 4.79 Å². The molecule has 0 atom stereocenters. The molecule has 0 bridgehead atoms. The maximum Gasteiger partial charge on any atom is 0.335 e. The first-order valence-corrected chi connectivity index (χ1v) is 3.01. The van der Waals surface area contributed by atoms with E-state index in [2.05, 4.69) is 0 Å². The van der Waals surface area contributed by atoms with Gasteiger partial charge in [0.15, 0.2) is 0 Å². The zero-order valence-corrected chi connectivity index (χ0v) is 6.75. The van der Waals surface area contributed by atoms with Gasteiger partial charge in [-0.3, -0.25) is 9.59 Å². The number of carboxylic acids is 3. The second-order valence-electron chi connectivity index (χ2n) is 1.81. The summed E-state index contributed by atoms with van der Waals surface area (Å²) in [6.45, 7) is 0. The molecule has 0 fully saturated rings. The molecule has 0 spiro atoms. The Labute approximate surface area is 77.3 Å². The maximum atomic E-state index is 9.43. The van der Waals surface area contributed by atoms with Crippen LogP contribution >= 0.6 is 0 Å². The number of aliphatic hydroxyl groups excluding tert-OH is 1. The van der Waals surface area contributed by atoms with Crippen LogP contribution in [0.3, 0.4) is 0 Å². The molecule has 80 valence electrons. The Bertz CT molecular complexity index is 237. The van der Waals surface area contributed by atoms with Gasteiger partial charge in [-0.2, -0.15) is 0 Å². The molecular weight excluding hydrogens is 200 g/mol. The fourth-order valence-electron chi connectivity index (χ4n) is 0.240. The summed E-state index contributed by atoms with van der Waals surface area (Å²) in [4.78, 5) is 28.3. The minimum Gasteiger partial charge on any atom is -0.481 e. The first-order valence-electron chi connectivity index (χ1n) is 3.01. The van der Waals surface area contributed by atoms with Crippen molar-refractivity contribution in [1.29, 1.82) is 0 Å². The second-order valence-corrected chi connectivity index (χ2v) is 1.81. The highest BCUT2D eigenvalue weighted by Gasteiger charge is 2.01. The molecule has 8 heteroatoms. The van der Waals surface area contributed by atoms with Crippen LogP contribution in [0.1, 0.15) is 6.42 Å². The number of aliphatic carboxylic acids is 3. The molecule has 0 saturated carbocycles. The van der Waals surface area contributed by atoms with Gasteiger partial charge in [0.1, 0.15) is 12.5 Å².